The Kier molecular flexibility index (Phi) is 6.71. The quantitative estimate of drug-likeness (QED) is 0.687. The average Bonchev–Trinajstić information content (AvgIpc) is 2.59. The first-order valence-electron chi connectivity index (χ1n) is 7.73. The Labute approximate surface area is 152 Å². The summed E-state index contributed by atoms with van der Waals surface area (Å²) in [5.74, 6) is 1.03. The Morgan fingerprint density at radius 2 is 1.96 bits per heavy atom. The molecular weight excluding hydrogens is 340 g/mol. The van der Waals surface area contributed by atoms with Gasteiger partial charge in [0.05, 0.1) is 24.4 Å². The van der Waals surface area contributed by atoms with Gasteiger partial charge in [0.25, 0.3) is 0 Å². The van der Waals surface area contributed by atoms with E-state index in [4.69, 9.17) is 21.1 Å². The highest BCUT2D eigenvalue weighted by molar-refractivity contribution is 6.32. The van der Waals surface area contributed by atoms with E-state index in [1.807, 2.05) is 31.2 Å². The summed E-state index contributed by atoms with van der Waals surface area (Å²) in [7, 11) is 1.54. The van der Waals surface area contributed by atoms with Gasteiger partial charge in [-0.25, -0.2) is 0 Å². The number of halogens is 1. The number of ether oxygens (including phenoxy) is 2. The molecule has 132 valence electrons. The van der Waals surface area contributed by atoms with Gasteiger partial charge in [0.15, 0.2) is 0 Å². The van der Waals surface area contributed by atoms with Crippen molar-refractivity contribution in [3.63, 3.8) is 0 Å². The first-order valence-corrected chi connectivity index (χ1v) is 8.11. The molecule has 1 amide bonds. The van der Waals surface area contributed by atoms with Gasteiger partial charge in [0.2, 0.25) is 5.91 Å². The molecule has 0 saturated heterocycles. The van der Waals surface area contributed by atoms with Crippen LogP contribution in [0.5, 0.6) is 11.5 Å². The van der Waals surface area contributed by atoms with Crippen molar-refractivity contribution < 1.29 is 14.3 Å². The molecule has 0 bridgehead atoms. The molecule has 0 radical (unpaired) electrons. The van der Waals surface area contributed by atoms with Crippen LogP contribution in [0.2, 0.25) is 5.02 Å². The number of anilines is 2. The maximum Gasteiger partial charge on any atom is 0.243 e. The van der Waals surface area contributed by atoms with Gasteiger partial charge in [0, 0.05) is 5.69 Å². The summed E-state index contributed by atoms with van der Waals surface area (Å²) >= 11 is 6.05. The van der Waals surface area contributed by atoms with Crippen molar-refractivity contribution in [2.45, 2.75) is 6.92 Å². The second kappa shape index (κ2) is 8.99. The smallest absolute Gasteiger partial charge is 0.243 e. The van der Waals surface area contributed by atoms with Gasteiger partial charge >= 0.3 is 0 Å². The molecule has 2 aromatic rings. The summed E-state index contributed by atoms with van der Waals surface area (Å²) < 4.78 is 10.8. The number of methoxy groups -OCH3 is 1. The molecule has 0 spiro atoms. The number of hydrogen-bond donors (Lipinski definition) is 2. The third kappa shape index (κ3) is 5.72. The van der Waals surface area contributed by atoms with Crippen molar-refractivity contribution in [3.05, 3.63) is 59.6 Å². The summed E-state index contributed by atoms with van der Waals surface area (Å²) in [6.07, 6.45) is 0. The number of nitrogens with one attached hydrogen (secondary N) is 2. The molecule has 0 aliphatic carbocycles. The fourth-order valence-electron chi connectivity index (χ4n) is 2.06. The Bertz CT molecular complexity index is 762. The lowest BCUT2D eigenvalue weighted by atomic mass is 10.2. The molecule has 0 heterocycles. The fraction of sp³-hybridized carbons (Fsp3) is 0.211. The molecule has 2 rings (SSSR count). The van der Waals surface area contributed by atoms with Crippen LogP contribution in [0.3, 0.4) is 0 Å². The summed E-state index contributed by atoms with van der Waals surface area (Å²) in [5.41, 5.74) is 2.26. The molecule has 0 unspecified atom stereocenters. The van der Waals surface area contributed by atoms with Gasteiger partial charge in [-0.15, -0.1) is 0 Å². The molecule has 0 aliphatic heterocycles. The Morgan fingerprint density at radius 1 is 1.20 bits per heavy atom. The van der Waals surface area contributed by atoms with Crippen LogP contribution in [0.25, 0.3) is 0 Å². The first-order chi connectivity index (χ1) is 12.0. The lowest BCUT2D eigenvalue weighted by molar-refractivity contribution is -0.114. The van der Waals surface area contributed by atoms with Crippen LogP contribution in [0.1, 0.15) is 6.92 Å². The van der Waals surface area contributed by atoms with E-state index < -0.39 is 0 Å². The standard InChI is InChI=1S/C19H21ClN2O3/c1-13(2)12-25-18-7-5-4-6-16(18)21-11-19(23)22-14-8-9-17(24-3)15(20)10-14/h4-10,21H,1,11-12H2,2-3H3,(H,22,23). The lowest BCUT2D eigenvalue weighted by Gasteiger charge is -2.13. The minimum atomic E-state index is -0.198. The lowest BCUT2D eigenvalue weighted by Crippen LogP contribution is -2.22. The maximum absolute atomic E-state index is 12.1. The highest BCUT2D eigenvalue weighted by Crippen LogP contribution is 2.27. The Morgan fingerprint density at radius 3 is 2.64 bits per heavy atom. The van der Waals surface area contributed by atoms with Crippen LogP contribution < -0.4 is 20.1 Å². The molecular formula is C19H21ClN2O3. The number of carbonyl (C=O) groups is 1. The van der Waals surface area contributed by atoms with E-state index in [9.17, 15) is 4.79 Å². The van der Waals surface area contributed by atoms with E-state index in [0.717, 1.165) is 11.3 Å². The molecule has 0 aliphatic rings. The number of para-hydroxylation sites is 2. The molecule has 0 fully saturated rings. The molecule has 25 heavy (non-hydrogen) atoms. The van der Waals surface area contributed by atoms with E-state index in [-0.39, 0.29) is 12.5 Å². The summed E-state index contributed by atoms with van der Waals surface area (Å²) in [6.45, 7) is 6.22. The maximum atomic E-state index is 12.1. The predicted octanol–water partition coefficient (Wildman–Crippen LogP) is 4.35. The monoisotopic (exact) mass is 360 g/mol. The van der Waals surface area contributed by atoms with Crippen molar-refractivity contribution in [2.24, 2.45) is 0 Å². The molecule has 0 atom stereocenters. The van der Waals surface area contributed by atoms with Gasteiger partial charge in [0.1, 0.15) is 18.1 Å². The zero-order chi connectivity index (χ0) is 18.2. The SMILES string of the molecule is C=C(C)COc1ccccc1NCC(=O)Nc1ccc(OC)c(Cl)c1. The van der Waals surface area contributed by atoms with E-state index in [1.165, 1.54) is 7.11 Å². The summed E-state index contributed by atoms with van der Waals surface area (Å²) in [5, 5.41) is 6.28. The van der Waals surface area contributed by atoms with Crippen LogP contribution in [0, 0.1) is 0 Å². The molecule has 2 N–H and O–H groups in total. The Balaban J connectivity index is 1.94. The molecule has 0 aromatic heterocycles. The van der Waals surface area contributed by atoms with E-state index in [2.05, 4.69) is 17.2 Å². The average molecular weight is 361 g/mol. The summed E-state index contributed by atoms with van der Waals surface area (Å²) in [6, 6.07) is 12.5. The zero-order valence-corrected chi connectivity index (χ0v) is 15.0. The largest absolute Gasteiger partial charge is 0.495 e. The number of amides is 1. The second-order valence-corrected chi connectivity index (χ2v) is 5.90. The minimum Gasteiger partial charge on any atom is -0.495 e. The van der Waals surface area contributed by atoms with Crippen molar-refractivity contribution >= 4 is 28.9 Å². The highest BCUT2D eigenvalue weighted by Gasteiger charge is 2.08. The molecule has 5 nitrogen and oxygen atoms in total. The van der Waals surface area contributed by atoms with Crippen LogP contribution in [0.4, 0.5) is 11.4 Å². The third-order valence-corrected chi connectivity index (χ3v) is 3.53. The van der Waals surface area contributed by atoms with Gasteiger partial charge in [-0.1, -0.05) is 30.3 Å². The van der Waals surface area contributed by atoms with Crippen molar-refractivity contribution in [3.8, 4) is 11.5 Å². The predicted molar refractivity (Wildman–Crippen MR) is 102 cm³/mol. The van der Waals surface area contributed by atoms with Crippen molar-refractivity contribution in [1.82, 2.24) is 0 Å². The van der Waals surface area contributed by atoms with Gasteiger partial charge in [-0.05, 0) is 42.8 Å². The van der Waals surface area contributed by atoms with Gasteiger partial charge in [-0.2, -0.15) is 0 Å². The molecule has 6 heteroatoms. The number of benzene rings is 2. The van der Waals surface area contributed by atoms with E-state index in [1.54, 1.807) is 18.2 Å². The van der Waals surface area contributed by atoms with Crippen molar-refractivity contribution in [2.75, 3.05) is 30.9 Å². The van der Waals surface area contributed by atoms with Crippen molar-refractivity contribution in [1.29, 1.82) is 0 Å². The number of hydrogen-bond acceptors (Lipinski definition) is 4. The van der Waals surface area contributed by atoms with E-state index in [0.29, 0.717) is 28.8 Å². The minimum absolute atomic E-state index is 0.0943. The third-order valence-electron chi connectivity index (χ3n) is 3.24. The first kappa shape index (κ1) is 18.7. The number of carbonyl (C=O) groups excluding carboxylic acids is 1. The van der Waals surface area contributed by atoms with Gasteiger partial charge < -0.3 is 20.1 Å². The second-order valence-electron chi connectivity index (χ2n) is 5.49. The highest BCUT2D eigenvalue weighted by atomic mass is 35.5. The molecule has 0 saturated carbocycles. The zero-order valence-electron chi connectivity index (χ0n) is 14.3. The van der Waals surface area contributed by atoms with Crippen LogP contribution in [-0.2, 0) is 4.79 Å². The van der Waals surface area contributed by atoms with Gasteiger partial charge in [-0.3, -0.25) is 4.79 Å². The van der Waals surface area contributed by atoms with Crippen LogP contribution >= 0.6 is 11.6 Å². The van der Waals surface area contributed by atoms with Crippen LogP contribution in [0.15, 0.2) is 54.6 Å². The van der Waals surface area contributed by atoms with Crippen LogP contribution in [-0.4, -0.2) is 26.2 Å². The topological polar surface area (TPSA) is 59.6 Å². The molecule has 2 aromatic carbocycles. The normalized spacial score (nSPS) is 10.0. The Hall–Kier alpha value is -2.66. The fourth-order valence-corrected chi connectivity index (χ4v) is 2.32. The number of rotatable bonds is 8. The summed E-state index contributed by atoms with van der Waals surface area (Å²) in [4.78, 5) is 12.1. The van der Waals surface area contributed by atoms with E-state index >= 15 is 0 Å².